The molecule has 1 aromatic heterocycles. The fourth-order valence-electron chi connectivity index (χ4n) is 1.48. The van der Waals surface area contributed by atoms with Crippen molar-refractivity contribution < 1.29 is 0 Å². The number of aromatic nitrogens is 2. The maximum Gasteiger partial charge on any atom is 0.205 e. The topological polar surface area (TPSA) is 81.1 Å². The minimum atomic E-state index is 0.618. The smallest absolute Gasteiger partial charge is 0.205 e. The van der Waals surface area contributed by atoms with Crippen LogP contribution < -0.4 is 16.4 Å². The minimum Gasteiger partial charge on any atom is -0.344 e. The molecule has 1 aromatic rings. The fraction of sp³-hybridized carbons (Fsp3) is 0.778. The quantitative estimate of drug-likeness (QED) is 0.722. The van der Waals surface area contributed by atoms with Crippen LogP contribution in [-0.4, -0.2) is 35.5 Å². The second-order valence-corrected chi connectivity index (χ2v) is 4.50. The van der Waals surface area contributed by atoms with Crippen molar-refractivity contribution in [2.75, 3.05) is 31.1 Å². The summed E-state index contributed by atoms with van der Waals surface area (Å²) in [7, 11) is 0. The molecule has 0 aromatic carbocycles. The van der Waals surface area contributed by atoms with Crippen molar-refractivity contribution in [3.63, 3.8) is 0 Å². The molecule has 4 N–H and O–H groups in total. The van der Waals surface area contributed by atoms with E-state index in [4.69, 9.17) is 11.5 Å². The average molecular weight is 227 g/mol. The van der Waals surface area contributed by atoms with Crippen molar-refractivity contribution in [1.82, 2.24) is 9.36 Å². The monoisotopic (exact) mass is 227 g/mol. The summed E-state index contributed by atoms with van der Waals surface area (Å²) < 4.78 is 4.37. The number of nitrogens with zero attached hydrogens (tertiary/aromatic N) is 3. The molecule has 0 unspecified atom stereocenters. The molecule has 0 radical (unpaired) electrons. The summed E-state index contributed by atoms with van der Waals surface area (Å²) in [5, 5.41) is 0.966. The Balaban J connectivity index is 2.03. The van der Waals surface area contributed by atoms with Crippen molar-refractivity contribution >= 4 is 16.7 Å². The summed E-state index contributed by atoms with van der Waals surface area (Å²) >= 11 is 1.46. The van der Waals surface area contributed by atoms with E-state index < -0.39 is 0 Å². The molecule has 1 aliphatic carbocycles. The molecule has 0 aliphatic heterocycles. The van der Waals surface area contributed by atoms with Crippen molar-refractivity contribution in [1.29, 1.82) is 0 Å². The zero-order valence-corrected chi connectivity index (χ0v) is 9.54. The van der Waals surface area contributed by atoms with Crippen molar-refractivity contribution in [3.05, 3.63) is 5.82 Å². The number of hydrogen-bond donors (Lipinski definition) is 2. The van der Waals surface area contributed by atoms with Gasteiger partial charge in [-0.2, -0.15) is 4.37 Å². The Morgan fingerprint density at radius 2 is 1.93 bits per heavy atom. The van der Waals surface area contributed by atoms with Gasteiger partial charge < -0.3 is 16.4 Å². The molecule has 0 amide bonds. The third kappa shape index (κ3) is 2.64. The third-order valence-corrected chi connectivity index (χ3v) is 3.23. The van der Waals surface area contributed by atoms with Gasteiger partial charge in [0.25, 0.3) is 0 Å². The van der Waals surface area contributed by atoms with Crippen LogP contribution >= 0.6 is 11.5 Å². The van der Waals surface area contributed by atoms with E-state index >= 15 is 0 Å². The SMILES string of the molecule is NCCN(CCN)c1nc(C2CC2)ns1. The zero-order chi connectivity index (χ0) is 10.7. The van der Waals surface area contributed by atoms with Gasteiger partial charge in [-0.1, -0.05) is 0 Å². The summed E-state index contributed by atoms with van der Waals surface area (Å²) in [5.41, 5.74) is 11.1. The van der Waals surface area contributed by atoms with Gasteiger partial charge in [0.15, 0.2) is 0 Å². The second-order valence-electron chi connectivity index (χ2n) is 3.77. The first-order valence-corrected chi connectivity index (χ1v) is 6.11. The van der Waals surface area contributed by atoms with Crippen LogP contribution in [0.4, 0.5) is 5.13 Å². The van der Waals surface area contributed by atoms with Crippen LogP contribution in [0.25, 0.3) is 0 Å². The van der Waals surface area contributed by atoms with Gasteiger partial charge in [-0.05, 0) is 12.8 Å². The number of nitrogens with two attached hydrogens (primary N) is 2. The number of hydrogen-bond acceptors (Lipinski definition) is 6. The van der Waals surface area contributed by atoms with E-state index in [0.29, 0.717) is 19.0 Å². The summed E-state index contributed by atoms with van der Waals surface area (Å²) in [6.07, 6.45) is 2.48. The minimum absolute atomic E-state index is 0.618. The molecule has 1 saturated carbocycles. The Labute approximate surface area is 93.6 Å². The van der Waals surface area contributed by atoms with Crippen LogP contribution in [0.15, 0.2) is 0 Å². The van der Waals surface area contributed by atoms with E-state index in [-0.39, 0.29) is 0 Å². The Kier molecular flexibility index (Phi) is 3.50. The molecule has 1 fully saturated rings. The third-order valence-electron chi connectivity index (χ3n) is 2.44. The first kappa shape index (κ1) is 10.8. The van der Waals surface area contributed by atoms with Gasteiger partial charge >= 0.3 is 0 Å². The predicted octanol–water partition coefficient (Wildman–Crippen LogP) is 0.139. The fourth-order valence-corrected chi connectivity index (χ4v) is 2.27. The van der Waals surface area contributed by atoms with Crippen LogP contribution in [0.1, 0.15) is 24.6 Å². The standard InChI is InChI=1S/C9H17N5S/c10-3-5-14(6-4-11)9-12-8(13-15-9)7-1-2-7/h7H,1-6,10-11H2. The van der Waals surface area contributed by atoms with Gasteiger partial charge in [0, 0.05) is 43.6 Å². The molecular weight excluding hydrogens is 210 g/mol. The van der Waals surface area contributed by atoms with E-state index in [1.165, 1.54) is 24.4 Å². The molecule has 2 rings (SSSR count). The van der Waals surface area contributed by atoms with Gasteiger partial charge in [0.2, 0.25) is 5.13 Å². The number of rotatable bonds is 6. The summed E-state index contributed by atoms with van der Waals surface area (Å²) in [6, 6.07) is 0. The van der Waals surface area contributed by atoms with Crippen LogP contribution in [0, 0.1) is 0 Å². The molecule has 84 valence electrons. The summed E-state index contributed by atoms with van der Waals surface area (Å²) in [4.78, 5) is 6.65. The molecule has 0 saturated heterocycles. The van der Waals surface area contributed by atoms with Crippen LogP contribution in [0.2, 0.25) is 0 Å². The second kappa shape index (κ2) is 4.87. The summed E-state index contributed by atoms with van der Waals surface area (Å²) in [5.74, 6) is 1.63. The highest BCUT2D eigenvalue weighted by Crippen LogP contribution is 2.39. The van der Waals surface area contributed by atoms with Crippen LogP contribution in [0.5, 0.6) is 0 Å². The largest absolute Gasteiger partial charge is 0.344 e. The lowest BCUT2D eigenvalue weighted by atomic mass is 10.4. The molecule has 1 aliphatic rings. The Morgan fingerprint density at radius 1 is 1.27 bits per heavy atom. The normalized spacial score (nSPS) is 15.6. The molecule has 0 bridgehead atoms. The molecule has 6 heteroatoms. The maximum absolute atomic E-state index is 5.55. The van der Waals surface area contributed by atoms with Crippen molar-refractivity contribution in [3.8, 4) is 0 Å². The maximum atomic E-state index is 5.55. The Hall–Kier alpha value is -0.720. The molecule has 0 atom stereocenters. The lowest BCUT2D eigenvalue weighted by molar-refractivity contribution is 0.775. The van der Waals surface area contributed by atoms with Gasteiger partial charge in [-0.25, -0.2) is 4.98 Å². The molecule has 15 heavy (non-hydrogen) atoms. The number of anilines is 1. The first-order valence-electron chi connectivity index (χ1n) is 5.34. The highest BCUT2D eigenvalue weighted by Gasteiger charge is 2.28. The molecular formula is C9H17N5S. The highest BCUT2D eigenvalue weighted by atomic mass is 32.1. The Morgan fingerprint density at radius 3 is 2.47 bits per heavy atom. The average Bonchev–Trinajstić information content (AvgIpc) is 2.97. The molecule has 0 spiro atoms. The van der Waals surface area contributed by atoms with Crippen molar-refractivity contribution in [2.24, 2.45) is 11.5 Å². The van der Waals surface area contributed by atoms with Crippen LogP contribution in [-0.2, 0) is 0 Å². The van der Waals surface area contributed by atoms with E-state index in [9.17, 15) is 0 Å². The van der Waals surface area contributed by atoms with E-state index in [2.05, 4.69) is 14.3 Å². The lowest BCUT2D eigenvalue weighted by Gasteiger charge is -2.18. The molecule has 5 nitrogen and oxygen atoms in total. The predicted molar refractivity (Wildman–Crippen MR) is 62.2 cm³/mol. The van der Waals surface area contributed by atoms with Crippen molar-refractivity contribution in [2.45, 2.75) is 18.8 Å². The van der Waals surface area contributed by atoms with E-state index in [1.807, 2.05) is 0 Å². The van der Waals surface area contributed by atoms with Gasteiger partial charge in [-0.15, -0.1) is 0 Å². The van der Waals surface area contributed by atoms with Gasteiger partial charge in [0.05, 0.1) is 0 Å². The Bertz CT molecular complexity index is 303. The van der Waals surface area contributed by atoms with E-state index in [0.717, 1.165) is 24.0 Å². The van der Waals surface area contributed by atoms with Gasteiger partial charge in [0.1, 0.15) is 5.82 Å². The lowest BCUT2D eigenvalue weighted by Crippen LogP contribution is -2.33. The zero-order valence-electron chi connectivity index (χ0n) is 8.72. The van der Waals surface area contributed by atoms with Gasteiger partial charge in [-0.3, -0.25) is 0 Å². The van der Waals surface area contributed by atoms with Crippen LogP contribution in [0.3, 0.4) is 0 Å². The van der Waals surface area contributed by atoms with E-state index in [1.54, 1.807) is 0 Å². The first-order chi connectivity index (χ1) is 7.35. The highest BCUT2D eigenvalue weighted by molar-refractivity contribution is 7.09. The summed E-state index contributed by atoms with van der Waals surface area (Å²) in [6.45, 7) is 2.85. The molecule has 1 heterocycles.